The van der Waals surface area contributed by atoms with Crippen LogP contribution >= 0.6 is 0 Å². The zero-order valence-corrected chi connectivity index (χ0v) is 72.1. The molecule has 0 rings (SSSR count). The summed E-state index contributed by atoms with van der Waals surface area (Å²) in [5.41, 5.74) is 25.4. The van der Waals surface area contributed by atoms with Crippen LogP contribution in [0.5, 0.6) is 0 Å². The Hall–Kier alpha value is -0.920. The van der Waals surface area contributed by atoms with Gasteiger partial charge in [-0.25, -0.2) is 0 Å². The Morgan fingerprint density at radius 3 is 0.462 bits per heavy atom. The summed E-state index contributed by atoms with van der Waals surface area (Å²) in [4.78, 5) is 12.5. The van der Waals surface area contributed by atoms with Gasteiger partial charge in [0, 0.05) is 128 Å². The number of aliphatic hydroxyl groups is 12. The molecule has 23 nitrogen and oxygen atoms in total. The van der Waals surface area contributed by atoms with Crippen LogP contribution in [0, 0.1) is 16.2 Å². The van der Waals surface area contributed by atoms with E-state index < -0.39 is 123 Å². The zero-order chi connectivity index (χ0) is 81.6. The van der Waals surface area contributed by atoms with E-state index in [4.69, 9.17) is 28.7 Å². The lowest BCUT2D eigenvalue weighted by Gasteiger charge is -2.44. The Bertz CT molecular complexity index is 1880. The number of rotatable bonds is 56. The Labute approximate surface area is 637 Å². The molecule has 0 amide bonds. The van der Waals surface area contributed by atoms with Gasteiger partial charge in [0.15, 0.2) is 0 Å². The normalized spacial score (nSPS) is 18.1. The van der Waals surface area contributed by atoms with Crippen molar-refractivity contribution >= 4 is 0 Å². The lowest BCUT2D eigenvalue weighted by molar-refractivity contribution is -0.0346. The molecule has 0 aliphatic heterocycles. The molecular weight excluding hydrogens is 1320 g/mol. The molecule has 12 unspecified atom stereocenters. The van der Waals surface area contributed by atoms with E-state index in [-0.39, 0.29) is 101 Å². The number of hydrogen-bond donors (Lipinski definition) is 17. The molecule has 22 N–H and O–H groups in total. The second kappa shape index (κ2) is 43.4. The fourth-order valence-electron chi connectivity index (χ4n) is 15.8. The van der Waals surface area contributed by atoms with Crippen LogP contribution < -0.4 is 28.7 Å². The van der Waals surface area contributed by atoms with Crippen LogP contribution in [0.3, 0.4) is 0 Å². The van der Waals surface area contributed by atoms with Gasteiger partial charge in [0.2, 0.25) is 0 Å². The van der Waals surface area contributed by atoms with E-state index in [9.17, 15) is 61.3 Å². The van der Waals surface area contributed by atoms with Gasteiger partial charge in [-0.2, -0.15) is 0 Å². The standard InChI is InChI=1S/C81H175N11O12/c1-70(2,3)34-58(93)50-89(51-59(94)35-71(4,5)6)78(20,21)42-66(101)46-87(48-68(103)44-80(24,25)91(54-62(97)38-74(12,13)83)55-63(98)39-75(14,15)84)32-30-28-29-31-33-88(47-67(102)43-79(22,23)90(52-60(95)36-72(7,8)9)53-61(96)37-73(10,11)82)49-69(104)45-81(26,27)92(56-64(99)40-76(16,17)85)57-65(100)41-77(18,19)86/h58-69,93-104H,28-57,82-86H2,1-27H3. The van der Waals surface area contributed by atoms with E-state index in [1.807, 2.05) is 121 Å². The minimum absolute atomic E-state index is 0.142. The molecule has 0 aliphatic rings. The number of hydrogen-bond acceptors (Lipinski definition) is 23. The molecule has 104 heavy (non-hydrogen) atoms. The van der Waals surface area contributed by atoms with Gasteiger partial charge >= 0.3 is 0 Å². The van der Waals surface area contributed by atoms with Crippen molar-refractivity contribution in [1.29, 1.82) is 0 Å². The highest BCUT2D eigenvalue weighted by Crippen LogP contribution is 2.33. The van der Waals surface area contributed by atoms with Crippen LogP contribution in [0.1, 0.15) is 290 Å². The molecule has 23 heteroatoms. The molecule has 0 fully saturated rings. The van der Waals surface area contributed by atoms with Crippen molar-refractivity contribution in [1.82, 2.24) is 29.4 Å². The third kappa shape index (κ3) is 51.6. The van der Waals surface area contributed by atoms with Gasteiger partial charge in [-0.15, -0.1) is 0 Å². The first kappa shape index (κ1) is 103. The summed E-state index contributed by atoms with van der Waals surface area (Å²) >= 11 is 0. The third-order valence-electron chi connectivity index (χ3n) is 19.7. The van der Waals surface area contributed by atoms with Gasteiger partial charge in [0.05, 0.1) is 73.2 Å². The van der Waals surface area contributed by atoms with Crippen molar-refractivity contribution in [3.05, 3.63) is 0 Å². The van der Waals surface area contributed by atoms with E-state index in [2.05, 4.69) is 95.8 Å². The maximum atomic E-state index is 12.4. The molecule has 0 heterocycles. The van der Waals surface area contributed by atoms with Crippen molar-refractivity contribution in [2.45, 2.75) is 413 Å². The SMILES string of the molecule is CC(C)(C)CC(O)CN(CC(O)CC(C)(C)C)C(C)(C)CC(O)CN(CCCCCCN(CC(O)CC(C)(C)N(CC(O)CC(C)(C)C)CC(O)CC(C)(C)N)CC(O)CC(C)(C)N(CC(O)CC(C)(C)N)CC(O)CC(C)(C)N)CC(O)CC(C)(C)N(CC(O)CC(C)(C)N)CC(O)CC(C)(C)N. The molecule has 0 radical (unpaired) electrons. The monoisotopic (exact) mass is 1490 g/mol. The fraction of sp³-hybridized carbons (Fsp3) is 1.00. The Kier molecular flexibility index (Phi) is 43.0. The summed E-state index contributed by atoms with van der Waals surface area (Å²) in [5.74, 6) is 0. The Morgan fingerprint density at radius 2 is 0.327 bits per heavy atom. The average molecular weight is 1500 g/mol. The molecule has 12 atom stereocenters. The predicted molar refractivity (Wildman–Crippen MR) is 431 cm³/mol. The average Bonchev–Trinajstić information content (AvgIpc) is 0.847. The highest BCUT2D eigenvalue weighted by molar-refractivity contribution is 4.96. The molecule has 0 aromatic carbocycles. The van der Waals surface area contributed by atoms with Gasteiger partial charge in [-0.05, 0) is 244 Å². The lowest BCUT2D eigenvalue weighted by Crippen LogP contribution is -2.55. The van der Waals surface area contributed by atoms with Crippen molar-refractivity contribution in [3.8, 4) is 0 Å². The highest BCUT2D eigenvalue weighted by atomic mass is 16.3. The molecule has 0 spiro atoms. The number of nitrogens with two attached hydrogens (primary N) is 5. The van der Waals surface area contributed by atoms with Crippen molar-refractivity contribution in [2.24, 2.45) is 44.9 Å². The minimum atomic E-state index is -0.911. The maximum absolute atomic E-state index is 12.4. The molecule has 0 saturated carbocycles. The maximum Gasteiger partial charge on any atom is 0.0684 e. The number of aliphatic hydroxyl groups excluding tert-OH is 12. The van der Waals surface area contributed by atoms with Crippen LogP contribution in [0.15, 0.2) is 0 Å². The second-order valence-corrected chi connectivity index (χ2v) is 42.7. The summed E-state index contributed by atoms with van der Waals surface area (Å²) in [5, 5.41) is 141. The summed E-state index contributed by atoms with van der Waals surface area (Å²) in [7, 11) is 0. The van der Waals surface area contributed by atoms with Crippen LogP contribution in [0.2, 0.25) is 0 Å². The van der Waals surface area contributed by atoms with Crippen molar-refractivity contribution in [2.75, 3.05) is 91.6 Å². The van der Waals surface area contributed by atoms with E-state index in [1.54, 1.807) is 0 Å². The minimum Gasteiger partial charge on any atom is -0.392 e. The molecule has 0 aromatic heterocycles. The van der Waals surface area contributed by atoms with Crippen molar-refractivity contribution < 1.29 is 61.3 Å². The predicted octanol–water partition coefficient (Wildman–Crippen LogP) is 6.31. The summed E-state index contributed by atoms with van der Waals surface area (Å²) in [6.45, 7) is 57.4. The van der Waals surface area contributed by atoms with Gasteiger partial charge in [-0.1, -0.05) is 75.2 Å². The quantitative estimate of drug-likeness (QED) is 0.0297. The van der Waals surface area contributed by atoms with Gasteiger partial charge < -0.3 is 89.9 Å². The Balaban J connectivity index is 7.60. The lowest BCUT2D eigenvalue weighted by atomic mass is 9.86. The van der Waals surface area contributed by atoms with E-state index in [0.717, 1.165) is 12.8 Å². The molecule has 0 saturated heterocycles. The third-order valence-corrected chi connectivity index (χ3v) is 19.7. The Morgan fingerprint density at radius 1 is 0.192 bits per heavy atom. The van der Waals surface area contributed by atoms with E-state index in [1.165, 1.54) is 0 Å². The first-order chi connectivity index (χ1) is 46.3. The topological polar surface area (TPSA) is 392 Å². The van der Waals surface area contributed by atoms with Gasteiger partial charge in [-0.3, -0.25) is 29.4 Å². The summed E-state index contributed by atoms with van der Waals surface area (Å²) in [6, 6.07) is 0. The zero-order valence-electron chi connectivity index (χ0n) is 72.1. The van der Waals surface area contributed by atoms with Crippen LogP contribution in [0.25, 0.3) is 0 Å². The van der Waals surface area contributed by atoms with E-state index >= 15 is 0 Å². The molecule has 626 valence electrons. The van der Waals surface area contributed by atoms with Gasteiger partial charge in [0.25, 0.3) is 0 Å². The van der Waals surface area contributed by atoms with Crippen LogP contribution in [-0.4, -0.2) is 305 Å². The molecule has 0 bridgehead atoms. The summed E-state index contributed by atoms with van der Waals surface area (Å²) in [6.07, 6.45) is -2.41. The first-order valence-electron chi connectivity index (χ1n) is 39.9. The molecule has 0 aliphatic carbocycles. The molecular formula is C81H175N11O12. The van der Waals surface area contributed by atoms with Crippen LogP contribution in [0.4, 0.5) is 0 Å². The van der Waals surface area contributed by atoms with Gasteiger partial charge in [0.1, 0.15) is 0 Å². The number of β-amino-alcohol motifs (C(OH)–C–C–N with tert-alkyl or cyclic N) is 8. The highest BCUT2D eigenvalue weighted by Gasteiger charge is 2.41. The number of unbranched alkanes of at least 4 members (excludes halogenated alkanes) is 3. The smallest absolute Gasteiger partial charge is 0.0684 e. The van der Waals surface area contributed by atoms with E-state index in [0.29, 0.717) is 96.8 Å². The largest absolute Gasteiger partial charge is 0.392 e. The van der Waals surface area contributed by atoms with Crippen molar-refractivity contribution in [3.63, 3.8) is 0 Å². The second-order valence-electron chi connectivity index (χ2n) is 42.7. The summed E-state index contributed by atoms with van der Waals surface area (Å²) < 4.78 is 0. The molecule has 0 aromatic rings. The van der Waals surface area contributed by atoms with Crippen LogP contribution in [-0.2, 0) is 0 Å². The fourth-order valence-corrected chi connectivity index (χ4v) is 15.8. The first-order valence-corrected chi connectivity index (χ1v) is 39.9. The number of nitrogens with zero attached hydrogens (tertiary/aromatic N) is 6.